The van der Waals surface area contributed by atoms with Gasteiger partial charge in [-0.25, -0.2) is 0 Å². The van der Waals surface area contributed by atoms with Gasteiger partial charge in [0, 0.05) is 18.5 Å². The molecule has 0 aliphatic carbocycles. The van der Waals surface area contributed by atoms with E-state index in [2.05, 4.69) is 36.5 Å². The first-order valence-electron chi connectivity index (χ1n) is 7.22. The zero-order chi connectivity index (χ0) is 14.1. The second-order valence-corrected chi connectivity index (χ2v) is 5.20. The van der Waals surface area contributed by atoms with E-state index in [9.17, 15) is 4.79 Å². The Morgan fingerprint density at radius 1 is 1.26 bits per heavy atom. The summed E-state index contributed by atoms with van der Waals surface area (Å²) in [6.07, 6.45) is 5.15. The van der Waals surface area contributed by atoms with Gasteiger partial charge < -0.3 is 11.1 Å². The lowest BCUT2D eigenvalue weighted by Gasteiger charge is -2.23. The first kappa shape index (κ1) is 15.7. The second-order valence-electron chi connectivity index (χ2n) is 5.20. The maximum atomic E-state index is 11.0. The molecule has 1 aromatic rings. The van der Waals surface area contributed by atoms with Crippen LogP contribution in [0.25, 0.3) is 0 Å². The third-order valence-electron chi connectivity index (χ3n) is 3.29. The average molecular weight is 262 g/mol. The molecule has 1 rings (SSSR count). The standard InChI is InChI=1S/C16H26N2O/c1-3-4-6-11-15(14-9-7-5-8-10-14)18-13(2)12-16(17)19/h5,7-10,13,15,18H,3-4,6,11-12H2,1-2H3,(H2,17,19). The summed E-state index contributed by atoms with van der Waals surface area (Å²) in [6.45, 7) is 4.22. The van der Waals surface area contributed by atoms with Gasteiger partial charge in [0.25, 0.3) is 0 Å². The highest BCUT2D eigenvalue weighted by atomic mass is 16.1. The molecule has 0 saturated heterocycles. The Hall–Kier alpha value is -1.35. The Labute approximate surface area is 116 Å². The molecule has 3 N–H and O–H groups in total. The van der Waals surface area contributed by atoms with Crippen molar-refractivity contribution in [2.75, 3.05) is 0 Å². The van der Waals surface area contributed by atoms with E-state index in [4.69, 9.17) is 5.73 Å². The Morgan fingerprint density at radius 3 is 2.53 bits per heavy atom. The van der Waals surface area contributed by atoms with Gasteiger partial charge in [-0.15, -0.1) is 0 Å². The molecule has 0 aliphatic rings. The fourth-order valence-corrected chi connectivity index (χ4v) is 2.33. The van der Waals surface area contributed by atoms with E-state index in [0.29, 0.717) is 12.5 Å². The normalized spacial score (nSPS) is 14.0. The molecule has 1 amide bonds. The lowest BCUT2D eigenvalue weighted by Crippen LogP contribution is -2.34. The molecule has 0 radical (unpaired) electrons. The van der Waals surface area contributed by atoms with Gasteiger partial charge in [-0.05, 0) is 18.9 Å². The minimum atomic E-state index is -0.250. The number of carbonyl (C=O) groups is 1. The lowest BCUT2D eigenvalue weighted by atomic mass is 9.99. The van der Waals surface area contributed by atoms with Crippen molar-refractivity contribution in [3.05, 3.63) is 35.9 Å². The van der Waals surface area contributed by atoms with Crippen LogP contribution in [-0.4, -0.2) is 11.9 Å². The smallest absolute Gasteiger partial charge is 0.218 e. The first-order valence-corrected chi connectivity index (χ1v) is 7.22. The molecule has 0 aromatic heterocycles. The van der Waals surface area contributed by atoms with Crippen molar-refractivity contribution in [2.24, 2.45) is 5.73 Å². The highest BCUT2D eigenvalue weighted by Gasteiger charge is 2.15. The first-order chi connectivity index (χ1) is 9.13. The molecule has 1 aromatic carbocycles. The minimum absolute atomic E-state index is 0.115. The third-order valence-corrected chi connectivity index (χ3v) is 3.29. The van der Waals surface area contributed by atoms with Crippen LogP contribution in [0.5, 0.6) is 0 Å². The summed E-state index contributed by atoms with van der Waals surface area (Å²) in [7, 11) is 0. The number of unbranched alkanes of at least 4 members (excludes halogenated alkanes) is 2. The maximum Gasteiger partial charge on any atom is 0.218 e. The molecule has 0 saturated carbocycles. The average Bonchev–Trinajstić information content (AvgIpc) is 2.38. The summed E-state index contributed by atoms with van der Waals surface area (Å²) in [5.41, 5.74) is 6.54. The summed E-state index contributed by atoms with van der Waals surface area (Å²) >= 11 is 0. The number of hydrogen-bond donors (Lipinski definition) is 2. The number of benzene rings is 1. The molecule has 0 heterocycles. The van der Waals surface area contributed by atoms with E-state index in [0.717, 1.165) is 6.42 Å². The summed E-state index contributed by atoms with van der Waals surface area (Å²) in [5, 5.41) is 3.52. The van der Waals surface area contributed by atoms with E-state index < -0.39 is 0 Å². The minimum Gasteiger partial charge on any atom is -0.370 e. The fourth-order valence-electron chi connectivity index (χ4n) is 2.33. The van der Waals surface area contributed by atoms with Crippen molar-refractivity contribution in [2.45, 2.75) is 58.0 Å². The van der Waals surface area contributed by atoms with Crippen LogP contribution in [0.15, 0.2) is 30.3 Å². The molecule has 106 valence electrons. The number of amides is 1. The maximum absolute atomic E-state index is 11.0. The fraction of sp³-hybridized carbons (Fsp3) is 0.562. The van der Waals surface area contributed by atoms with Crippen LogP contribution in [0.1, 0.15) is 57.6 Å². The third kappa shape index (κ3) is 6.39. The number of carbonyl (C=O) groups excluding carboxylic acids is 1. The summed E-state index contributed by atoms with van der Waals surface area (Å²) in [5.74, 6) is -0.250. The molecular formula is C16H26N2O. The van der Waals surface area contributed by atoms with Crippen molar-refractivity contribution >= 4 is 5.91 Å². The number of nitrogens with two attached hydrogens (primary N) is 1. The van der Waals surface area contributed by atoms with Crippen LogP contribution in [0.3, 0.4) is 0 Å². The van der Waals surface area contributed by atoms with Gasteiger partial charge in [0.15, 0.2) is 0 Å². The van der Waals surface area contributed by atoms with Crippen molar-refractivity contribution in [3.63, 3.8) is 0 Å². The number of primary amides is 1. The van der Waals surface area contributed by atoms with Gasteiger partial charge in [0.1, 0.15) is 0 Å². The zero-order valence-corrected chi connectivity index (χ0v) is 12.1. The number of nitrogens with one attached hydrogen (secondary N) is 1. The molecule has 0 spiro atoms. The van der Waals surface area contributed by atoms with Gasteiger partial charge in [-0.1, -0.05) is 56.5 Å². The molecule has 0 bridgehead atoms. The van der Waals surface area contributed by atoms with Crippen LogP contribution in [0, 0.1) is 0 Å². The van der Waals surface area contributed by atoms with Gasteiger partial charge in [-0.3, -0.25) is 4.79 Å². The predicted molar refractivity (Wildman–Crippen MR) is 79.7 cm³/mol. The topological polar surface area (TPSA) is 55.1 Å². The van der Waals surface area contributed by atoms with E-state index in [1.54, 1.807) is 0 Å². The highest BCUT2D eigenvalue weighted by Crippen LogP contribution is 2.20. The molecule has 0 aliphatic heterocycles. The van der Waals surface area contributed by atoms with Crippen molar-refractivity contribution in [3.8, 4) is 0 Å². The molecular weight excluding hydrogens is 236 g/mol. The molecule has 19 heavy (non-hydrogen) atoms. The molecule has 0 fully saturated rings. The highest BCUT2D eigenvalue weighted by molar-refractivity contribution is 5.74. The van der Waals surface area contributed by atoms with Crippen molar-refractivity contribution < 1.29 is 4.79 Å². The van der Waals surface area contributed by atoms with E-state index in [1.165, 1.54) is 24.8 Å². The summed E-state index contributed by atoms with van der Waals surface area (Å²) in [4.78, 5) is 11.0. The Morgan fingerprint density at radius 2 is 1.95 bits per heavy atom. The summed E-state index contributed by atoms with van der Waals surface area (Å²) in [6, 6.07) is 10.8. The van der Waals surface area contributed by atoms with Crippen LogP contribution < -0.4 is 11.1 Å². The van der Waals surface area contributed by atoms with Gasteiger partial charge in [0.2, 0.25) is 5.91 Å². The van der Waals surface area contributed by atoms with Crippen LogP contribution >= 0.6 is 0 Å². The Kier molecular flexibility index (Phi) is 7.19. The van der Waals surface area contributed by atoms with E-state index in [1.807, 2.05) is 13.0 Å². The van der Waals surface area contributed by atoms with E-state index >= 15 is 0 Å². The van der Waals surface area contributed by atoms with Gasteiger partial charge in [-0.2, -0.15) is 0 Å². The zero-order valence-electron chi connectivity index (χ0n) is 12.1. The lowest BCUT2D eigenvalue weighted by molar-refractivity contribution is -0.118. The van der Waals surface area contributed by atoms with Gasteiger partial charge in [0.05, 0.1) is 0 Å². The number of rotatable bonds is 9. The second kappa shape index (κ2) is 8.70. The SMILES string of the molecule is CCCCCC(NC(C)CC(N)=O)c1ccccc1. The summed E-state index contributed by atoms with van der Waals surface area (Å²) < 4.78 is 0. The monoisotopic (exact) mass is 262 g/mol. The number of hydrogen-bond acceptors (Lipinski definition) is 2. The van der Waals surface area contributed by atoms with Crippen molar-refractivity contribution in [1.82, 2.24) is 5.32 Å². The van der Waals surface area contributed by atoms with Crippen LogP contribution in [-0.2, 0) is 4.79 Å². The quantitative estimate of drug-likeness (QED) is 0.672. The largest absolute Gasteiger partial charge is 0.370 e. The molecule has 3 nitrogen and oxygen atoms in total. The van der Waals surface area contributed by atoms with Gasteiger partial charge >= 0.3 is 0 Å². The van der Waals surface area contributed by atoms with Crippen molar-refractivity contribution in [1.29, 1.82) is 0 Å². The Balaban J connectivity index is 2.61. The molecule has 3 heteroatoms. The Bertz CT molecular complexity index is 364. The molecule has 2 atom stereocenters. The predicted octanol–water partition coefficient (Wildman–Crippen LogP) is 3.16. The molecule has 2 unspecified atom stereocenters. The van der Waals surface area contributed by atoms with E-state index in [-0.39, 0.29) is 11.9 Å². The van der Waals surface area contributed by atoms with Crippen LogP contribution in [0.2, 0.25) is 0 Å². The van der Waals surface area contributed by atoms with Crippen LogP contribution in [0.4, 0.5) is 0 Å².